The third kappa shape index (κ3) is 8.47. The van der Waals surface area contributed by atoms with Crippen molar-refractivity contribution in [3.8, 4) is 0 Å². The maximum absolute atomic E-state index is 11.8. The van der Waals surface area contributed by atoms with Crippen molar-refractivity contribution in [3.05, 3.63) is 0 Å². The molecular formula is C14H29NO5. The molecule has 0 heterocycles. The number of methoxy groups -OCH3 is 2. The van der Waals surface area contributed by atoms with E-state index in [1.54, 1.807) is 7.11 Å². The van der Waals surface area contributed by atoms with E-state index in [4.69, 9.17) is 18.9 Å². The molecule has 0 rings (SSSR count). The van der Waals surface area contributed by atoms with Gasteiger partial charge >= 0.3 is 5.97 Å². The van der Waals surface area contributed by atoms with Crippen molar-refractivity contribution in [1.82, 2.24) is 5.32 Å². The SMILES string of the molecule is CCCNC(C)(CCOCCOCCOC)C(=O)OC. The highest BCUT2D eigenvalue weighted by molar-refractivity contribution is 5.80. The first-order chi connectivity index (χ1) is 9.60. The average Bonchev–Trinajstić information content (AvgIpc) is 2.47. The van der Waals surface area contributed by atoms with E-state index in [9.17, 15) is 4.79 Å². The Kier molecular flexibility index (Phi) is 11.7. The zero-order valence-electron chi connectivity index (χ0n) is 13.2. The van der Waals surface area contributed by atoms with Crippen LogP contribution in [0.5, 0.6) is 0 Å². The molecule has 0 radical (unpaired) electrons. The van der Waals surface area contributed by atoms with Gasteiger partial charge in [0, 0.05) is 13.7 Å². The number of carbonyl (C=O) groups is 1. The molecule has 0 aliphatic rings. The molecule has 0 saturated carbocycles. The Morgan fingerprint density at radius 1 is 1.05 bits per heavy atom. The van der Waals surface area contributed by atoms with E-state index in [2.05, 4.69) is 12.2 Å². The summed E-state index contributed by atoms with van der Waals surface area (Å²) in [5.74, 6) is -0.258. The third-order valence-corrected chi connectivity index (χ3v) is 2.95. The van der Waals surface area contributed by atoms with E-state index in [1.165, 1.54) is 7.11 Å². The molecule has 0 spiro atoms. The van der Waals surface area contributed by atoms with Crippen LogP contribution in [0.1, 0.15) is 26.7 Å². The first-order valence-electron chi connectivity index (χ1n) is 7.08. The largest absolute Gasteiger partial charge is 0.468 e. The van der Waals surface area contributed by atoms with E-state index in [0.717, 1.165) is 13.0 Å². The normalized spacial score (nSPS) is 14.0. The summed E-state index contributed by atoms with van der Waals surface area (Å²) in [5, 5.41) is 3.21. The Balaban J connectivity index is 3.82. The van der Waals surface area contributed by atoms with Crippen LogP contribution in [0.25, 0.3) is 0 Å². The lowest BCUT2D eigenvalue weighted by atomic mass is 9.98. The van der Waals surface area contributed by atoms with Crippen LogP contribution >= 0.6 is 0 Å². The standard InChI is InChI=1S/C14H29NO5/c1-5-7-15-14(2,13(16)18-4)6-8-19-11-12-20-10-9-17-3/h15H,5-12H2,1-4H3. The second-order valence-corrected chi connectivity index (χ2v) is 4.72. The first-order valence-corrected chi connectivity index (χ1v) is 7.08. The second kappa shape index (κ2) is 12.1. The van der Waals surface area contributed by atoms with Gasteiger partial charge in [-0.05, 0) is 26.3 Å². The quantitative estimate of drug-likeness (QED) is 0.403. The van der Waals surface area contributed by atoms with Crippen molar-refractivity contribution in [2.45, 2.75) is 32.2 Å². The van der Waals surface area contributed by atoms with Gasteiger partial charge in [0.25, 0.3) is 0 Å². The lowest BCUT2D eigenvalue weighted by Gasteiger charge is -2.27. The van der Waals surface area contributed by atoms with Crippen molar-refractivity contribution in [1.29, 1.82) is 0 Å². The van der Waals surface area contributed by atoms with Gasteiger partial charge in [-0.3, -0.25) is 4.79 Å². The molecule has 0 aliphatic heterocycles. The molecule has 0 aromatic heterocycles. The van der Waals surface area contributed by atoms with E-state index >= 15 is 0 Å². The van der Waals surface area contributed by atoms with E-state index < -0.39 is 5.54 Å². The predicted molar refractivity (Wildman–Crippen MR) is 76.8 cm³/mol. The summed E-state index contributed by atoms with van der Waals surface area (Å²) < 4.78 is 20.5. The van der Waals surface area contributed by atoms with E-state index in [-0.39, 0.29) is 5.97 Å². The molecule has 1 N–H and O–H groups in total. The number of hydrogen-bond donors (Lipinski definition) is 1. The molecule has 120 valence electrons. The first kappa shape index (κ1) is 19.3. The lowest BCUT2D eigenvalue weighted by Crippen LogP contribution is -2.51. The third-order valence-electron chi connectivity index (χ3n) is 2.95. The van der Waals surface area contributed by atoms with Crippen LogP contribution in [0.2, 0.25) is 0 Å². The highest BCUT2D eigenvalue weighted by Gasteiger charge is 2.33. The number of nitrogens with one attached hydrogen (secondary N) is 1. The van der Waals surface area contributed by atoms with Crippen molar-refractivity contribution >= 4 is 5.97 Å². The molecule has 0 aromatic carbocycles. The Bertz CT molecular complexity index is 250. The molecular weight excluding hydrogens is 262 g/mol. The maximum Gasteiger partial charge on any atom is 0.325 e. The molecule has 0 amide bonds. The number of rotatable bonds is 13. The minimum absolute atomic E-state index is 0.258. The van der Waals surface area contributed by atoms with Gasteiger partial charge in [-0.2, -0.15) is 0 Å². The highest BCUT2D eigenvalue weighted by Crippen LogP contribution is 2.12. The number of esters is 1. The minimum Gasteiger partial charge on any atom is -0.468 e. The van der Waals surface area contributed by atoms with Crippen LogP contribution in [-0.4, -0.2) is 65.3 Å². The van der Waals surface area contributed by atoms with Crippen LogP contribution in [0.3, 0.4) is 0 Å². The molecule has 6 heteroatoms. The van der Waals surface area contributed by atoms with Crippen LogP contribution in [-0.2, 0) is 23.7 Å². The van der Waals surface area contributed by atoms with Gasteiger partial charge in [0.05, 0.1) is 33.5 Å². The van der Waals surface area contributed by atoms with Gasteiger partial charge in [-0.15, -0.1) is 0 Å². The summed E-state index contributed by atoms with van der Waals surface area (Å²) in [6.45, 7) is 7.34. The van der Waals surface area contributed by atoms with Crippen LogP contribution in [0, 0.1) is 0 Å². The molecule has 0 aromatic rings. The van der Waals surface area contributed by atoms with Gasteiger partial charge in [0.1, 0.15) is 5.54 Å². The average molecular weight is 291 g/mol. The zero-order valence-corrected chi connectivity index (χ0v) is 13.2. The number of hydrogen-bond acceptors (Lipinski definition) is 6. The molecule has 0 bridgehead atoms. The molecule has 1 unspecified atom stereocenters. The summed E-state index contributed by atoms with van der Waals surface area (Å²) >= 11 is 0. The van der Waals surface area contributed by atoms with Gasteiger partial charge in [0.2, 0.25) is 0 Å². The predicted octanol–water partition coefficient (Wildman–Crippen LogP) is 0.987. The topological polar surface area (TPSA) is 66.0 Å². The second-order valence-electron chi connectivity index (χ2n) is 4.72. The van der Waals surface area contributed by atoms with Crippen LogP contribution in [0.15, 0.2) is 0 Å². The minimum atomic E-state index is -0.693. The Morgan fingerprint density at radius 2 is 1.65 bits per heavy atom. The summed E-state index contributed by atoms with van der Waals surface area (Å²) in [6, 6.07) is 0. The number of ether oxygens (including phenoxy) is 4. The molecule has 1 atom stereocenters. The lowest BCUT2D eigenvalue weighted by molar-refractivity contribution is -0.148. The molecule has 20 heavy (non-hydrogen) atoms. The van der Waals surface area contributed by atoms with Crippen LogP contribution < -0.4 is 5.32 Å². The fourth-order valence-electron chi connectivity index (χ4n) is 1.63. The summed E-state index contributed by atoms with van der Waals surface area (Å²) in [4.78, 5) is 11.8. The van der Waals surface area contributed by atoms with Crippen molar-refractivity contribution in [2.24, 2.45) is 0 Å². The Hall–Kier alpha value is -0.690. The van der Waals surface area contributed by atoms with Crippen LogP contribution in [0.4, 0.5) is 0 Å². The maximum atomic E-state index is 11.8. The summed E-state index contributed by atoms with van der Waals surface area (Å²) in [7, 11) is 3.04. The fourth-order valence-corrected chi connectivity index (χ4v) is 1.63. The smallest absolute Gasteiger partial charge is 0.325 e. The summed E-state index contributed by atoms with van der Waals surface area (Å²) in [5.41, 5.74) is -0.693. The monoisotopic (exact) mass is 291 g/mol. The molecule has 0 aliphatic carbocycles. The number of carbonyl (C=O) groups excluding carboxylic acids is 1. The summed E-state index contributed by atoms with van der Waals surface area (Å²) in [6.07, 6.45) is 1.53. The van der Waals surface area contributed by atoms with Crippen molar-refractivity contribution in [2.75, 3.05) is 53.8 Å². The van der Waals surface area contributed by atoms with Gasteiger partial charge in [0.15, 0.2) is 0 Å². The molecule has 6 nitrogen and oxygen atoms in total. The molecule has 0 saturated heterocycles. The van der Waals surface area contributed by atoms with Crippen molar-refractivity contribution < 1.29 is 23.7 Å². The van der Waals surface area contributed by atoms with E-state index in [1.807, 2.05) is 6.92 Å². The highest BCUT2D eigenvalue weighted by atomic mass is 16.5. The Morgan fingerprint density at radius 3 is 2.20 bits per heavy atom. The van der Waals surface area contributed by atoms with Crippen molar-refractivity contribution in [3.63, 3.8) is 0 Å². The van der Waals surface area contributed by atoms with Gasteiger partial charge in [-0.1, -0.05) is 6.92 Å². The molecule has 0 fully saturated rings. The van der Waals surface area contributed by atoms with Gasteiger partial charge < -0.3 is 24.3 Å². The van der Waals surface area contributed by atoms with Gasteiger partial charge in [-0.25, -0.2) is 0 Å². The zero-order chi connectivity index (χ0) is 15.3. The van der Waals surface area contributed by atoms with E-state index in [0.29, 0.717) is 39.5 Å². The Labute approximate surface area is 122 Å². The fraction of sp³-hybridized carbons (Fsp3) is 0.929.